The second-order valence-corrected chi connectivity index (χ2v) is 2.81. The van der Waals surface area contributed by atoms with Crippen molar-refractivity contribution < 1.29 is 14.7 Å². The minimum Gasteiger partial charge on any atom is -0.474 e. The molecule has 1 amide bonds. The predicted molar refractivity (Wildman–Crippen MR) is 52.1 cm³/mol. The normalized spacial score (nSPS) is 9.50. The van der Waals surface area contributed by atoms with Crippen molar-refractivity contribution in [3.8, 4) is 0 Å². The van der Waals surface area contributed by atoms with Gasteiger partial charge >= 0.3 is 11.9 Å². The smallest absolute Gasteiger partial charge is 0.394 e. The van der Waals surface area contributed by atoms with Gasteiger partial charge in [0.2, 0.25) is 0 Å². The molecular weight excluding hydrogens is 182 g/mol. The van der Waals surface area contributed by atoms with Gasteiger partial charge in [-0.3, -0.25) is 4.79 Å². The summed E-state index contributed by atoms with van der Waals surface area (Å²) in [7, 11) is 0. The van der Waals surface area contributed by atoms with Crippen molar-refractivity contribution in [2.45, 2.75) is 13.3 Å². The summed E-state index contributed by atoms with van der Waals surface area (Å²) in [6.45, 7) is 1.98. The number of nitrogens with one attached hydrogen (secondary N) is 1. The first-order valence-corrected chi connectivity index (χ1v) is 4.26. The summed E-state index contributed by atoms with van der Waals surface area (Å²) in [5, 5.41) is 10.6. The lowest BCUT2D eigenvalue weighted by molar-refractivity contribution is -0.147. The first-order chi connectivity index (χ1) is 6.63. The molecule has 0 heterocycles. The van der Waals surface area contributed by atoms with Crippen molar-refractivity contribution in [1.82, 2.24) is 0 Å². The number of aryl methyl sites for hydroxylation is 1. The Balaban J connectivity index is 2.76. The number of hydrogen-bond acceptors (Lipinski definition) is 2. The van der Waals surface area contributed by atoms with E-state index >= 15 is 0 Å². The monoisotopic (exact) mass is 193 g/mol. The van der Waals surface area contributed by atoms with Crippen LogP contribution in [0.15, 0.2) is 24.3 Å². The maximum absolute atomic E-state index is 10.8. The molecule has 4 nitrogen and oxygen atoms in total. The number of hydrogen-bond donors (Lipinski definition) is 2. The van der Waals surface area contributed by atoms with E-state index in [4.69, 9.17) is 5.11 Å². The van der Waals surface area contributed by atoms with E-state index < -0.39 is 11.9 Å². The van der Waals surface area contributed by atoms with Gasteiger partial charge in [-0.15, -0.1) is 0 Å². The Kier molecular flexibility index (Phi) is 3.23. The highest BCUT2D eigenvalue weighted by molar-refractivity contribution is 6.36. The Hall–Kier alpha value is -1.84. The van der Waals surface area contributed by atoms with Gasteiger partial charge in [-0.25, -0.2) is 4.79 Å². The fourth-order valence-electron chi connectivity index (χ4n) is 1.05. The molecule has 0 radical (unpaired) electrons. The highest BCUT2D eigenvalue weighted by atomic mass is 16.4. The van der Waals surface area contributed by atoms with E-state index in [1.54, 1.807) is 18.2 Å². The van der Waals surface area contributed by atoms with Gasteiger partial charge in [0, 0.05) is 5.69 Å². The molecule has 4 heteroatoms. The lowest BCUT2D eigenvalue weighted by Gasteiger charge is -2.03. The topological polar surface area (TPSA) is 66.4 Å². The molecule has 74 valence electrons. The van der Waals surface area contributed by atoms with E-state index in [2.05, 4.69) is 5.32 Å². The highest BCUT2D eigenvalue weighted by Gasteiger charge is 2.10. The molecule has 0 atom stereocenters. The minimum absolute atomic E-state index is 0.511. The highest BCUT2D eigenvalue weighted by Crippen LogP contribution is 2.10. The summed E-state index contributed by atoms with van der Waals surface area (Å²) in [5.74, 6) is -2.50. The number of carboxylic acids is 1. The van der Waals surface area contributed by atoms with Gasteiger partial charge in [-0.1, -0.05) is 19.1 Å². The van der Waals surface area contributed by atoms with Gasteiger partial charge < -0.3 is 10.4 Å². The second-order valence-electron chi connectivity index (χ2n) is 2.81. The van der Waals surface area contributed by atoms with Crippen molar-refractivity contribution in [2.75, 3.05) is 5.32 Å². The summed E-state index contributed by atoms with van der Waals surface area (Å²) < 4.78 is 0. The number of rotatable bonds is 2. The Labute approximate surface area is 81.6 Å². The van der Waals surface area contributed by atoms with Crippen molar-refractivity contribution in [3.63, 3.8) is 0 Å². The Morgan fingerprint density at radius 3 is 2.71 bits per heavy atom. The number of amides is 1. The van der Waals surface area contributed by atoms with E-state index in [0.717, 1.165) is 12.0 Å². The van der Waals surface area contributed by atoms with Crippen LogP contribution in [0.1, 0.15) is 12.5 Å². The summed E-state index contributed by atoms with van der Waals surface area (Å²) in [4.78, 5) is 21.0. The number of aliphatic carboxylic acids is 1. The minimum atomic E-state index is -1.48. The van der Waals surface area contributed by atoms with Gasteiger partial charge in [0.25, 0.3) is 0 Å². The van der Waals surface area contributed by atoms with Crippen LogP contribution in [0.3, 0.4) is 0 Å². The number of benzene rings is 1. The van der Waals surface area contributed by atoms with Crippen LogP contribution in [-0.4, -0.2) is 17.0 Å². The molecule has 2 N–H and O–H groups in total. The molecule has 0 aromatic heterocycles. The maximum atomic E-state index is 10.8. The molecule has 0 fully saturated rings. The zero-order valence-corrected chi connectivity index (χ0v) is 7.78. The molecule has 0 aliphatic carbocycles. The predicted octanol–water partition coefficient (Wildman–Crippen LogP) is 1.27. The van der Waals surface area contributed by atoms with E-state index in [1.807, 2.05) is 13.0 Å². The Morgan fingerprint density at radius 2 is 2.14 bits per heavy atom. The number of carboxylic acid groups (broad SMARTS) is 1. The number of carbonyl (C=O) groups is 2. The van der Waals surface area contributed by atoms with Crippen LogP contribution < -0.4 is 5.32 Å². The van der Waals surface area contributed by atoms with Crippen molar-refractivity contribution in [2.24, 2.45) is 0 Å². The largest absolute Gasteiger partial charge is 0.474 e. The summed E-state index contributed by atoms with van der Waals surface area (Å²) >= 11 is 0. The Morgan fingerprint density at radius 1 is 1.43 bits per heavy atom. The van der Waals surface area contributed by atoms with Crippen LogP contribution >= 0.6 is 0 Å². The van der Waals surface area contributed by atoms with Crippen molar-refractivity contribution in [1.29, 1.82) is 0 Å². The fourth-order valence-corrected chi connectivity index (χ4v) is 1.05. The molecule has 1 aromatic carbocycles. The van der Waals surface area contributed by atoms with Gasteiger partial charge in [-0.2, -0.15) is 0 Å². The lowest BCUT2D eigenvalue weighted by Crippen LogP contribution is -2.21. The lowest BCUT2D eigenvalue weighted by atomic mass is 10.1. The molecule has 0 saturated heterocycles. The molecule has 1 aromatic rings. The second kappa shape index (κ2) is 4.41. The van der Waals surface area contributed by atoms with Gasteiger partial charge in [0.15, 0.2) is 0 Å². The zero-order valence-electron chi connectivity index (χ0n) is 7.78. The quantitative estimate of drug-likeness (QED) is 0.695. The third kappa shape index (κ3) is 2.58. The molecular formula is C10H11NO3. The third-order valence-corrected chi connectivity index (χ3v) is 1.79. The maximum Gasteiger partial charge on any atom is 0.394 e. The first kappa shape index (κ1) is 10.2. The van der Waals surface area contributed by atoms with Gasteiger partial charge in [-0.05, 0) is 24.1 Å². The van der Waals surface area contributed by atoms with Gasteiger partial charge in [0.05, 0.1) is 0 Å². The van der Waals surface area contributed by atoms with Crippen LogP contribution in [-0.2, 0) is 16.0 Å². The summed E-state index contributed by atoms with van der Waals surface area (Å²) in [5.41, 5.74) is 1.56. The molecule has 14 heavy (non-hydrogen) atoms. The van der Waals surface area contributed by atoms with E-state index in [9.17, 15) is 9.59 Å². The van der Waals surface area contributed by atoms with Crippen molar-refractivity contribution >= 4 is 17.6 Å². The fraction of sp³-hybridized carbons (Fsp3) is 0.200. The number of anilines is 1. The molecule has 1 rings (SSSR count). The van der Waals surface area contributed by atoms with Crippen LogP contribution in [0, 0.1) is 0 Å². The summed E-state index contributed by atoms with van der Waals surface area (Å²) in [6.07, 6.45) is 0.844. The zero-order chi connectivity index (χ0) is 10.6. The molecule has 0 aliphatic heterocycles. The SMILES string of the molecule is CCc1cccc(NC(=O)C(=O)O)c1. The van der Waals surface area contributed by atoms with E-state index in [-0.39, 0.29) is 0 Å². The van der Waals surface area contributed by atoms with E-state index in [0.29, 0.717) is 5.69 Å². The first-order valence-electron chi connectivity index (χ1n) is 4.26. The molecule has 0 aliphatic rings. The average molecular weight is 193 g/mol. The standard InChI is InChI=1S/C10H11NO3/c1-2-7-4-3-5-8(6-7)11-9(12)10(13)14/h3-6H,2H2,1H3,(H,11,12)(H,13,14). The van der Waals surface area contributed by atoms with Crippen LogP contribution in [0.4, 0.5) is 5.69 Å². The molecule has 0 saturated carbocycles. The van der Waals surface area contributed by atoms with E-state index in [1.165, 1.54) is 0 Å². The van der Waals surface area contributed by atoms with Crippen LogP contribution in [0.5, 0.6) is 0 Å². The van der Waals surface area contributed by atoms with Crippen LogP contribution in [0.2, 0.25) is 0 Å². The molecule has 0 unspecified atom stereocenters. The Bertz CT molecular complexity index is 360. The molecule has 0 bridgehead atoms. The average Bonchev–Trinajstić information content (AvgIpc) is 2.18. The third-order valence-electron chi connectivity index (χ3n) is 1.79. The number of carbonyl (C=O) groups excluding carboxylic acids is 1. The molecule has 0 spiro atoms. The van der Waals surface area contributed by atoms with Crippen molar-refractivity contribution in [3.05, 3.63) is 29.8 Å². The van der Waals surface area contributed by atoms with Gasteiger partial charge in [0.1, 0.15) is 0 Å². The van der Waals surface area contributed by atoms with Crippen LogP contribution in [0.25, 0.3) is 0 Å². The summed E-state index contributed by atoms with van der Waals surface area (Å²) in [6, 6.07) is 7.09.